The summed E-state index contributed by atoms with van der Waals surface area (Å²) in [7, 11) is 0. The van der Waals surface area contributed by atoms with Crippen LogP contribution in [-0.4, -0.2) is 52.0 Å². The number of rotatable bonds is 12. The number of pyridine rings is 1. The van der Waals surface area contributed by atoms with E-state index in [9.17, 15) is 41.4 Å². The van der Waals surface area contributed by atoms with Crippen LogP contribution < -0.4 is 10.9 Å². The van der Waals surface area contributed by atoms with Crippen molar-refractivity contribution in [2.24, 2.45) is 11.8 Å². The van der Waals surface area contributed by atoms with Gasteiger partial charge in [-0.3, -0.25) is 14.4 Å². The van der Waals surface area contributed by atoms with E-state index >= 15 is 8.78 Å². The van der Waals surface area contributed by atoms with E-state index in [1.54, 1.807) is 44.7 Å². The van der Waals surface area contributed by atoms with Crippen molar-refractivity contribution in [3.05, 3.63) is 91.4 Å². The molecule has 0 unspecified atom stereocenters. The Bertz CT molecular complexity index is 2050. The molecule has 1 aliphatic heterocycles. The number of alkyl halides is 5. The molecule has 1 saturated heterocycles. The van der Waals surface area contributed by atoms with Crippen LogP contribution in [-0.2, 0) is 15.8 Å². The number of hydrogen-bond donors (Lipinski definition) is 2. The van der Waals surface area contributed by atoms with Gasteiger partial charge >= 0.3 is 12.1 Å². The zero-order valence-electron chi connectivity index (χ0n) is 31.2. The number of hydrogen-bond acceptors (Lipinski definition) is 4. The number of terminal acetylenes is 1. The van der Waals surface area contributed by atoms with Crippen molar-refractivity contribution < 1.29 is 45.4 Å². The minimum Gasteiger partial charge on any atom is -0.481 e. The molecule has 1 aliphatic carbocycles. The second-order valence-electron chi connectivity index (χ2n) is 15.4. The lowest BCUT2D eigenvalue weighted by molar-refractivity contribution is -0.139. The summed E-state index contributed by atoms with van der Waals surface area (Å²) in [5, 5.41) is 12.3. The summed E-state index contributed by atoms with van der Waals surface area (Å²) in [6.07, 6.45) is 0.648. The van der Waals surface area contributed by atoms with E-state index in [2.05, 4.69) is 11.2 Å². The number of carboxylic acid groups (broad SMARTS) is 1. The van der Waals surface area contributed by atoms with Gasteiger partial charge in [0.15, 0.2) is 0 Å². The van der Waals surface area contributed by atoms with Crippen LogP contribution in [0.2, 0.25) is 0 Å². The largest absolute Gasteiger partial charge is 0.481 e. The van der Waals surface area contributed by atoms with Gasteiger partial charge in [0.1, 0.15) is 17.7 Å². The number of benzene rings is 2. The van der Waals surface area contributed by atoms with Crippen LogP contribution >= 0.6 is 0 Å². The molecule has 2 fully saturated rings. The summed E-state index contributed by atoms with van der Waals surface area (Å²) < 4.78 is 104. The fourth-order valence-electron chi connectivity index (χ4n) is 7.90. The third-order valence-corrected chi connectivity index (χ3v) is 10.6. The molecule has 296 valence electrons. The number of halogens is 7. The molecule has 0 bridgehead atoms. The van der Waals surface area contributed by atoms with Crippen LogP contribution in [0.3, 0.4) is 0 Å². The van der Waals surface area contributed by atoms with Gasteiger partial charge in [0.25, 0.3) is 11.5 Å². The van der Waals surface area contributed by atoms with Gasteiger partial charge in [0, 0.05) is 42.3 Å². The highest BCUT2D eigenvalue weighted by molar-refractivity contribution is 5.82. The molecule has 1 amide bonds. The second-order valence-corrected chi connectivity index (χ2v) is 15.4. The van der Waals surface area contributed by atoms with Crippen LogP contribution in [0.25, 0.3) is 11.1 Å². The number of carbonyl (C=O) groups excluding carboxylic acids is 1. The fourth-order valence-corrected chi connectivity index (χ4v) is 7.90. The number of piperidine rings is 1. The first-order valence-corrected chi connectivity index (χ1v) is 18.1. The van der Waals surface area contributed by atoms with Crippen LogP contribution in [0.1, 0.15) is 103 Å². The van der Waals surface area contributed by atoms with E-state index in [0.717, 1.165) is 22.4 Å². The van der Waals surface area contributed by atoms with Gasteiger partial charge in [0.2, 0.25) is 5.91 Å². The Kier molecular flexibility index (Phi) is 12.0. The number of aromatic nitrogens is 1. The molecule has 1 saturated carbocycles. The monoisotopic (exact) mass is 775 g/mol. The van der Waals surface area contributed by atoms with Crippen LogP contribution in [0, 0.1) is 56.6 Å². The highest BCUT2D eigenvalue weighted by Gasteiger charge is 2.57. The predicted molar refractivity (Wildman–Crippen MR) is 193 cm³/mol. The molecular weight excluding hydrogens is 731 g/mol. The molecule has 2 aromatic carbocycles. The highest BCUT2D eigenvalue weighted by Crippen LogP contribution is 2.49. The molecule has 14 heteroatoms. The molecule has 5 rings (SSSR count). The summed E-state index contributed by atoms with van der Waals surface area (Å²) >= 11 is 0. The SMILES string of the molecule is C#Cc1cc(-c2c(C)cc(C)cc2C)c(F)c([C@@H](CC(=O)O)NC(=O)[C@H](CC(C)C)n2cc(C3CCN(C[C@@H]4CC4(F)F)CC3)c(C(F)(F)F)cc2=O)c1F. The number of aliphatic carboxylic acids is 1. The van der Waals surface area contributed by atoms with Crippen molar-refractivity contribution in [3.63, 3.8) is 0 Å². The smallest absolute Gasteiger partial charge is 0.416 e. The Balaban J connectivity index is 1.56. The minimum absolute atomic E-state index is 0.118. The molecule has 55 heavy (non-hydrogen) atoms. The third-order valence-electron chi connectivity index (χ3n) is 10.6. The fraction of sp³-hybridized carbons (Fsp3) is 0.488. The molecule has 2 aliphatic rings. The van der Waals surface area contributed by atoms with E-state index in [1.165, 1.54) is 0 Å². The summed E-state index contributed by atoms with van der Waals surface area (Å²) in [5.74, 6) is -7.47. The third kappa shape index (κ3) is 9.09. The first kappa shape index (κ1) is 41.5. The summed E-state index contributed by atoms with van der Waals surface area (Å²) in [4.78, 5) is 41.6. The molecule has 7 nitrogen and oxygen atoms in total. The summed E-state index contributed by atoms with van der Waals surface area (Å²) in [5.41, 5.74) is -1.42. The Morgan fingerprint density at radius 2 is 1.64 bits per heavy atom. The van der Waals surface area contributed by atoms with Gasteiger partial charge in [-0.2, -0.15) is 13.2 Å². The number of likely N-dealkylation sites (tertiary alicyclic amines) is 1. The van der Waals surface area contributed by atoms with Crippen LogP contribution in [0.4, 0.5) is 30.7 Å². The highest BCUT2D eigenvalue weighted by atomic mass is 19.4. The lowest BCUT2D eigenvalue weighted by Gasteiger charge is -2.34. The Labute approximate surface area is 314 Å². The van der Waals surface area contributed by atoms with E-state index in [4.69, 9.17) is 6.42 Å². The normalized spacial score (nSPS) is 18.5. The average Bonchev–Trinajstić information content (AvgIpc) is 3.68. The van der Waals surface area contributed by atoms with Crippen molar-refractivity contribution >= 4 is 11.9 Å². The van der Waals surface area contributed by atoms with Gasteiger partial charge in [0.05, 0.1) is 23.6 Å². The summed E-state index contributed by atoms with van der Waals surface area (Å²) in [6, 6.07) is 1.73. The molecule has 3 aromatic rings. The summed E-state index contributed by atoms with van der Waals surface area (Å²) in [6.45, 7) is 9.28. The quantitative estimate of drug-likeness (QED) is 0.142. The number of carbonyl (C=O) groups is 2. The number of nitrogens with one attached hydrogen (secondary N) is 1. The van der Waals surface area contributed by atoms with Gasteiger partial charge in [-0.25, -0.2) is 17.6 Å². The standard InChI is InChI=1S/C41H44F7N3O4/c1-7-25-15-28(35-23(5)13-22(4)14-24(35)6)38(43)36(37(25)42)31(17-34(53)54)49-39(55)32(12-21(2)3)51-20-29(30(16-33(51)52)41(46,47)48)26-8-10-50(11-9-26)19-27-18-40(27,44)45/h1,13-16,20-21,26-27,31-32H,8-12,17-19H2,2-6H3,(H,49,55)(H,53,54)/t27-,31+,32-/m0/s1. The average molecular weight is 776 g/mol. The predicted octanol–water partition coefficient (Wildman–Crippen LogP) is 8.47. The lowest BCUT2D eigenvalue weighted by Crippen LogP contribution is -2.41. The van der Waals surface area contributed by atoms with E-state index in [1.807, 2.05) is 6.92 Å². The first-order valence-electron chi connectivity index (χ1n) is 18.1. The lowest BCUT2D eigenvalue weighted by atomic mass is 9.87. The maximum absolute atomic E-state index is 16.6. The first-order chi connectivity index (χ1) is 25.6. The molecule has 3 atom stereocenters. The number of nitrogens with zero attached hydrogens (tertiary/aromatic N) is 2. The van der Waals surface area contributed by atoms with Gasteiger partial charge in [-0.1, -0.05) is 37.5 Å². The minimum atomic E-state index is -4.94. The van der Waals surface area contributed by atoms with Gasteiger partial charge < -0.3 is 19.9 Å². The van der Waals surface area contributed by atoms with Crippen molar-refractivity contribution in [3.8, 4) is 23.5 Å². The molecular formula is C41H44F7N3O4. The second kappa shape index (κ2) is 15.8. The number of amides is 1. The topological polar surface area (TPSA) is 91.6 Å². The van der Waals surface area contributed by atoms with Crippen molar-refractivity contribution in [2.45, 2.75) is 96.8 Å². The maximum Gasteiger partial charge on any atom is 0.416 e. The number of carboxylic acids is 1. The zero-order chi connectivity index (χ0) is 40.7. The molecule has 0 radical (unpaired) electrons. The van der Waals surface area contributed by atoms with Gasteiger partial charge in [-0.15, -0.1) is 6.42 Å². The van der Waals surface area contributed by atoms with Gasteiger partial charge in [-0.05, 0) is 93.3 Å². The van der Waals surface area contributed by atoms with E-state index in [-0.39, 0.29) is 62.4 Å². The van der Waals surface area contributed by atoms with Crippen LogP contribution in [0.15, 0.2) is 35.3 Å². The van der Waals surface area contributed by atoms with Crippen molar-refractivity contribution in [1.82, 2.24) is 14.8 Å². The molecule has 2 N–H and O–H groups in total. The van der Waals surface area contributed by atoms with Crippen molar-refractivity contribution in [1.29, 1.82) is 0 Å². The van der Waals surface area contributed by atoms with Crippen molar-refractivity contribution in [2.75, 3.05) is 19.6 Å². The zero-order valence-corrected chi connectivity index (χ0v) is 31.2. The molecule has 2 heterocycles. The molecule has 0 spiro atoms. The Morgan fingerprint density at radius 1 is 1.04 bits per heavy atom. The van der Waals surface area contributed by atoms with E-state index in [0.29, 0.717) is 22.8 Å². The molecule has 1 aromatic heterocycles. The Hall–Kier alpha value is -4.64. The Morgan fingerprint density at radius 3 is 2.15 bits per heavy atom. The number of aryl methyl sites for hydroxylation is 3. The van der Waals surface area contributed by atoms with E-state index < -0.39 is 88.2 Å². The maximum atomic E-state index is 16.6. The van der Waals surface area contributed by atoms with Crippen LogP contribution in [0.5, 0.6) is 0 Å².